The van der Waals surface area contributed by atoms with Crippen molar-refractivity contribution >= 4 is 16.9 Å². The number of carbonyl (C=O) groups is 1. The fourth-order valence-electron chi connectivity index (χ4n) is 1.32. The van der Waals surface area contributed by atoms with Crippen molar-refractivity contribution in [1.29, 1.82) is 0 Å². The number of hydrogen-bond donors (Lipinski definition) is 2. The standard InChI is InChI=1S/C10H8N2O4/c1-5(13)16-9-2-6-7(3-8(9)14)11-4-12-10(6)15/h2-4,14H,1H3,(H,11,12,15). The number of phenolic OH excluding ortho intramolecular Hbond substituents is 1. The maximum absolute atomic E-state index is 11.4. The van der Waals surface area contributed by atoms with Gasteiger partial charge in [-0.2, -0.15) is 0 Å². The van der Waals surface area contributed by atoms with E-state index in [1.54, 1.807) is 0 Å². The van der Waals surface area contributed by atoms with Crippen LogP contribution in [-0.2, 0) is 4.79 Å². The van der Waals surface area contributed by atoms with Gasteiger partial charge >= 0.3 is 5.97 Å². The molecular formula is C10H8N2O4. The second-order valence-electron chi connectivity index (χ2n) is 3.16. The van der Waals surface area contributed by atoms with Crippen LogP contribution in [0.1, 0.15) is 6.92 Å². The summed E-state index contributed by atoms with van der Waals surface area (Å²) in [6.45, 7) is 1.21. The molecule has 0 radical (unpaired) electrons. The highest BCUT2D eigenvalue weighted by molar-refractivity contribution is 5.82. The number of rotatable bonds is 1. The minimum atomic E-state index is -0.574. The van der Waals surface area contributed by atoms with Crippen LogP contribution in [0, 0.1) is 0 Å². The van der Waals surface area contributed by atoms with Crippen molar-refractivity contribution in [3.05, 3.63) is 28.8 Å². The van der Waals surface area contributed by atoms with Gasteiger partial charge in [0.25, 0.3) is 5.56 Å². The molecule has 0 aliphatic carbocycles. The lowest BCUT2D eigenvalue weighted by Gasteiger charge is -2.04. The molecule has 6 nitrogen and oxygen atoms in total. The Hall–Kier alpha value is -2.37. The number of aromatic amines is 1. The van der Waals surface area contributed by atoms with Gasteiger partial charge in [0.1, 0.15) is 0 Å². The van der Waals surface area contributed by atoms with E-state index in [1.165, 1.54) is 25.4 Å². The summed E-state index contributed by atoms with van der Waals surface area (Å²) in [4.78, 5) is 28.4. The summed E-state index contributed by atoms with van der Waals surface area (Å²) < 4.78 is 4.74. The Morgan fingerprint density at radius 1 is 1.50 bits per heavy atom. The van der Waals surface area contributed by atoms with Crippen LogP contribution in [0.4, 0.5) is 0 Å². The van der Waals surface area contributed by atoms with Gasteiger partial charge in [0, 0.05) is 13.0 Å². The Morgan fingerprint density at radius 2 is 2.25 bits per heavy atom. The van der Waals surface area contributed by atoms with Gasteiger partial charge in [0.2, 0.25) is 0 Å². The molecular weight excluding hydrogens is 212 g/mol. The number of carbonyl (C=O) groups excluding carboxylic acids is 1. The Labute approximate surface area is 89.5 Å². The van der Waals surface area contributed by atoms with Crippen molar-refractivity contribution < 1.29 is 14.6 Å². The number of nitrogens with zero attached hydrogens (tertiary/aromatic N) is 1. The SMILES string of the molecule is CC(=O)Oc1cc2c(=O)[nH]cnc2cc1O. The maximum atomic E-state index is 11.4. The molecule has 16 heavy (non-hydrogen) atoms. The molecule has 0 saturated heterocycles. The average Bonchev–Trinajstić information content (AvgIpc) is 2.20. The lowest BCUT2D eigenvalue weighted by molar-refractivity contribution is -0.132. The van der Waals surface area contributed by atoms with E-state index in [1.807, 2.05) is 0 Å². The van der Waals surface area contributed by atoms with Gasteiger partial charge in [-0.3, -0.25) is 9.59 Å². The molecule has 2 aromatic rings. The lowest BCUT2D eigenvalue weighted by Crippen LogP contribution is -2.07. The molecule has 0 unspecified atom stereocenters. The predicted molar refractivity (Wildman–Crippen MR) is 55.3 cm³/mol. The second kappa shape index (κ2) is 3.65. The molecule has 1 heterocycles. The molecule has 0 saturated carbocycles. The number of phenols is 1. The van der Waals surface area contributed by atoms with E-state index in [9.17, 15) is 14.7 Å². The highest BCUT2D eigenvalue weighted by atomic mass is 16.5. The first-order valence-electron chi connectivity index (χ1n) is 4.47. The van der Waals surface area contributed by atoms with Crippen LogP contribution in [0.25, 0.3) is 10.9 Å². The van der Waals surface area contributed by atoms with E-state index >= 15 is 0 Å². The van der Waals surface area contributed by atoms with Gasteiger partial charge in [0.05, 0.1) is 17.2 Å². The molecule has 0 aliphatic heterocycles. The van der Waals surface area contributed by atoms with Crippen LogP contribution in [0.15, 0.2) is 23.3 Å². The number of fused-ring (bicyclic) bond motifs is 1. The Bertz CT molecular complexity index is 618. The van der Waals surface area contributed by atoms with Gasteiger partial charge in [0.15, 0.2) is 11.5 Å². The van der Waals surface area contributed by atoms with Crippen LogP contribution in [0.2, 0.25) is 0 Å². The Balaban J connectivity index is 2.69. The first-order chi connectivity index (χ1) is 7.58. The maximum Gasteiger partial charge on any atom is 0.308 e. The zero-order chi connectivity index (χ0) is 11.7. The lowest BCUT2D eigenvalue weighted by atomic mass is 10.2. The molecule has 1 aromatic heterocycles. The fourth-order valence-corrected chi connectivity index (χ4v) is 1.32. The summed E-state index contributed by atoms with van der Waals surface area (Å²) in [5.41, 5.74) is -0.0319. The topological polar surface area (TPSA) is 92.3 Å². The third kappa shape index (κ3) is 1.72. The molecule has 2 rings (SSSR count). The van der Waals surface area contributed by atoms with Crippen molar-refractivity contribution in [3.63, 3.8) is 0 Å². The van der Waals surface area contributed by atoms with Gasteiger partial charge in [-0.15, -0.1) is 0 Å². The third-order valence-corrected chi connectivity index (χ3v) is 1.97. The number of ether oxygens (including phenoxy) is 1. The van der Waals surface area contributed by atoms with E-state index < -0.39 is 5.97 Å². The quantitative estimate of drug-likeness (QED) is 0.541. The van der Waals surface area contributed by atoms with E-state index in [0.717, 1.165) is 0 Å². The molecule has 0 amide bonds. The van der Waals surface area contributed by atoms with Crippen LogP contribution in [0.5, 0.6) is 11.5 Å². The number of H-pyrrole nitrogens is 1. The molecule has 0 spiro atoms. The molecule has 82 valence electrons. The highest BCUT2D eigenvalue weighted by Gasteiger charge is 2.09. The minimum Gasteiger partial charge on any atom is -0.504 e. The number of benzene rings is 1. The summed E-state index contributed by atoms with van der Waals surface area (Å²) in [5, 5.41) is 9.77. The van der Waals surface area contributed by atoms with Crippen LogP contribution >= 0.6 is 0 Å². The van der Waals surface area contributed by atoms with Gasteiger partial charge in [-0.05, 0) is 6.07 Å². The van der Waals surface area contributed by atoms with Crippen molar-refractivity contribution in [2.75, 3.05) is 0 Å². The zero-order valence-electron chi connectivity index (χ0n) is 8.35. The molecule has 0 fully saturated rings. The molecule has 2 N–H and O–H groups in total. The average molecular weight is 220 g/mol. The number of esters is 1. The summed E-state index contributed by atoms with van der Waals surface area (Å²) >= 11 is 0. The van der Waals surface area contributed by atoms with E-state index in [4.69, 9.17) is 4.74 Å². The number of nitrogens with one attached hydrogen (secondary N) is 1. The molecule has 6 heteroatoms. The molecule has 1 aromatic carbocycles. The van der Waals surface area contributed by atoms with Gasteiger partial charge in [-0.25, -0.2) is 4.98 Å². The summed E-state index contributed by atoms with van der Waals surface area (Å²) in [6.07, 6.45) is 1.23. The molecule has 0 atom stereocenters. The van der Waals surface area contributed by atoms with Crippen molar-refractivity contribution in [2.45, 2.75) is 6.92 Å². The number of hydrogen-bond acceptors (Lipinski definition) is 5. The molecule has 0 bridgehead atoms. The summed E-state index contributed by atoms with van der Waals surface area (Å²) in [6, 6.07) is 2.54. The second-order valence-corrected chi connectivity index (χ2v) is 3.16. The largest absolute Gasteiger partial charge is 0.504 e. The van der Waals surface area contributed by atoms with Crippen LogP contribution < -0.4 is 10.3 Å². The van der Waals surface area contributed by atoms with Gasteiger partial charge < -0.3 is 14.8 Å². The summed E-state index contributed by atoms with van der Waals surface area (Å²) in [7, 11) is 0. The fraction of sp³-hybridized carbons (Fsp3) is 0.100. The summed E-state index contributed by atoms with van der Waals surface area (Å²) in [5.74, 6) is -0.866. The predicted octanol–water partition coefficient (Wildman–Crippen LogP) is 0.554. The minimum absolute atomic E-state index is 0.0569. The number of aromatic hydroxyl groups is 1. The van der Waals surface area contributed by atoms with Gasteiger partial charge in [-0.1, -0.05) is 0 Å². The number of aromatic nitrogens is 2. The van der Waals surface area contributed by atoms with Crippen molar-refractivity contribution in [1.82, 2.24) is 9.97 Å². The monoisotopic (exact) mass is 220 g/mol. The molecule has 0 aliphatic rings. The van der Waals surface area contributed by atoms with Crippen LogP contribution in [-0.4, -0.2) is 21.0 Å². The normalized spacial score (nSPS) is 10.3. The first-order valence-corrected chi connectivity index (χ1v) is 4.47. The van der Waals surface area contributed by atoms with E-state index in [-0.39, 0.29) is 22.4 Å². The first kappa shape index (κ1) is 10.2. The van der Waals surface area contributed by atoms with Crippen molar-refractivity contribution in [3.8, 4) is 11.5 Å². The Kier molecular flexibility index (Phi) is 2.32. The zero-order valence-corrected chi connectivity index (χ0v) is 8.35. The van der Waals surface area contributed by atoms with E-state index in [2.05, 4.69) is 9.97 Å². The third-order valence-electron chi connectivity index (χ3n) is 1.97. The smallest absolute Gasteiger partial charge is 0.308 e. The highest BCUT2D eigenvalue weighted by Crippen LogP contribution is 2.28. The van der Waals surface area contributed by atoms with E-state index in [0.29, 0.717) is 5.52 Å². The Morgan fingerprint density at radius 3 is 2.94 bits per heavy atom. The van der Waals surface area contributed by atoms with Crippen molar-refractivity contribution in [2.24, 2.45) is 0 Å². The van der Waals surface area contributed by atoms with Crippen LogP contribution in [0.3, 0.4) is 0 Å².